The van der Waals surface area contributed by atoms with Gasteiger partial charge in [-0.1, -0.05) is 38.1 Å². The van der Waals surface area contributed by atoms with Crippen LogP contribution in [0.5, 0.6) is 0 Å². The van der Waals surface area contributed by atoms with Crippen molar-refractivity contribution in [2.75, 3.05) is 0 Å². The van der Waals surface area contributed by atoms with Gasteiger partial charge in [-0.05, 0) is 17.0 Å². The molecule has 0 radical (unpaired) electrons. The SMILES string of the molecule is CC(C)c1ccc(Cc2ncc(CC(=O)O)[nH]2)cc1. The van der Waals surface area contributed by atoms with E-state index >= 15 is 0 Å². The second-order valence-corrected chi connectivity index (χ2v) is 5.00. The monoisotopic (exact) mass is 258 g/mol. The van der Waals surface area contributed by atoms with Crippen molar-refractivity contribution in [2.45, 2.75) is 32.6 Å². The van der Waals surface area contributed by atoms with Crippen LogP contribution in [0.1, 0.15) is 42.4 Å². The Kier molecular flexibility index (Phi) is 4.00. The zero-order valence-corrected chi connectivity index (χ0v) is 11.2. The molecule has 1 aromatic heterocycles. The summed E-state index contributed by atoms with van der Waals surface area (Å²) in [7, 11) is 0. The molecule has 0 atom stereocenters. The van der Waals surface area contributed by atoms with Gasteiger partial charge in [-0.25, -0.2) is 4.98 Å². The standard InChI is InChI=1S/C15H18N2O2/c1-10(2)12-5-3-11(4-6-12)7-14-16-9-13(17-14)8-15(18)19/h3-6,9-10H,7-8H2,1-2H3,(H,16,17)(H,18,19). The molecule has 2 N–H and O–H groups in total. The number of nitrogens with zero attached hydrogens (tertiary/aromatic N) is 1. The van der Waals surface area contributed by atoms with E-state index in [1.165, 1.54) is 11.1 Å². The number of carbonyl (C=O) groups is 1. The van der Waals surface area contributed by atoms with E-state index in [-0.39, 0.29) is 6.42 Å². The molecule has 19 heavy (non-hydrogen) atoms. The van der Waals surface area contributed by atoms with Gasteiger partial charge in [0.05, 0.1) is 6.42 Å². The van der Waals surface area contributed by atoms with Crippen molar-refractivity contribution in [2.24, 2.45) is 0 Å². The van der Waals surface area contributed by atoms with Crippen LogP contribution in [0.3, 0.4) is 0 Å². The number of rotatable bonds is 5. The molecule has 0 bridgehead atoms. The van der Waals surface area contributed by atoms with Gasteiger partial charge in [0.25, 0.3) is 0 Å². The highest BCUT2D eigenvalue weighted by Gasteiger charge is 2.06. The lowest BCUT2D eigenvalue weighted by molar-refractivity contribution is -0.136. The van der Waals surface area contributed by atoms with Crippen molar-refractivity contribution in [3.63, 3.8) is 0 Å². The first-order valence-electron chi connectivity index (χ1n) is 6.38. The maximum atomic E-state index is 10.6. The predicted molar refractivity (Wildman–Crippen MR) is 73.3 cm³/mol. The van der Waals surface area contributed by atoms with E-state index in [1.807, 2.05) is 0 Å². The summed E-state index contributed by atoms with van der Waals surface area (Å²) in [5.74, 6) is 0.477. The Bertz CT molecular complexity index is 556. The van der Waals surface area contributed by atoms with E-state index in [0.717, 1.165) is 5.82 Å². The average Bonchev–Trinajstić information content (AvgIpc) is 2.76. The largest absolute Gasteiger partial charge is 0.481 e. The number of aromatic amines is 1. The van der Waals surface area contributed by atoms with Gasteiger partial charge < -0.3 is 10.1 Å². The van der Waals surface area contributed by atoms with Crippen LogP contribution < -0.4 is 0 Å². The molecule has 0 aliphatic carbocycles. The molecule has 2 aromatic rings. The van der Waals surface area contributed by atoms with Gasteiger partial charge in [-0.2, -0.15) is 0 Å². The Morgan fingerprint density at radius 3 is 2.58 bits per heavy atom. The third kappa shape index (κ3) is 3.68. The highest BCUT2D eigenvalue weighted by Crippen LogP contribution is 2.16. The molecule has 0 spiro atoms. The number of aromatic nitrogens is 2. The molecular formula is C15H18N2O2. The molecule has 0 unspecified atom stereocenters. The minimum atomic E-state index is -0.850. The van der Waals surface area contributed by atoms with Crippen LogP contribution in [0.4, 0.5) is 0 Å². The third-order valence-electron chi connectivity index (χ3n) is 3.04. The van der Waals surface area contributed by atoms with Crippen molar-refractivity contribution in [3.05, 3.63) is 53.1 Å². The normalized spacial score (nSPS) is 10.9. The van der Waals surface area contributed by atoms with Gasteiger partial charge in [0.15, 0.2) is 0 Å². The van der Waals surface area contributed by atoms with E-state index in [1.54, 1.807) is 6.20 Å². The summed E-state index contributed by atoms with van der Waals surface area (Å²) < 4.78 is 0. The second kappa shape index (κ2) is 5.69. The van der Waals surface area contributed by atoms with Gasteiger partial charge in [0.1, 0.15) is 5.82 Å². The van der Waals surface area contributed by atoms with Crippen LogP contribution in [0, 0.1) is 0 Å². The smallest absolute Gasteiger partial charge is 0.309 e. The Balaban J connectivity index is 2.04. The van der Waals surface area contributed by atoms with Crippen LogP contribution in [-0.4, -0.2) is 21.0 Å². The first kappa shape index (κ1) is 13.3. The molecule has 4 nitrogen and oxygen atoms in total. The number of carboxylic acids is 1. The fraction of sp³-hybridized carbons (Fsp3) is 0.333. The molecular weight excluding hydrogens is 240 g/mol. The Labute approximate surface area is 112 Å². The van der Waals surface area contributed by atoms with E-state index in [9.17, 15) is 4.79 Å². The summed E-state index contributed by atoms with van der Waals surface area (Å²) >= 11 is 0. The number of hydrogen-bond acceptors (Lipinski definition) is 2. The summed E-state index contributed by atoms with van der Waals surface area (Å²) in [4.78, 5) is 17.8. The summed E-state index contributed by atoms with van der Waals surface area (Å²) in [5, 5.41) is 8.70. The van der Waals surface area contributed by atoms with Gasteiger partial charge in [-0.3, -0.25) is 4.79 Å². The molecule has 1 aromatic carbocycles. The first-order valence-corrected chi connectivity index (χ1v) is 6.38. The number of imidazole rings is 1. The fourth-order valence-electron chi connectivity index (χ4n) is 1.96. The summed E-state index contributed by atoms with van der Waals surface area (Å²) in [6.07, 6.45) is 2.27. The predicted octanol–water partition coefficient (Wildman–Crippen LogP) is 2.75. The van der Waals surface area contributed by atoms with Gasteiger partial charge in [0.2, 0.25) is 0 Å². The number of nitrogens with one attached hydrogen (secondary N) is 1. The molecule has 0 fully saturated rings. The molecule has 1 heterocycles. The lowest BCUT2D eigenvalue weighted by atomic mass is 10.0. The molecule has 0 aliphatic heterocycles. The molecule has 0 saturated carbocycles. The Morgan fingerprint density at radius 1 is 1.32 bits per heavy atom. The molecule has 0 amide bonds. The summed E-state index contributed by atoms with van der Waals surface area (Å²) in [5.41, 5.74) is 3.12. The number of aliphatic carboxylic acids is 1. The minimum absolute atomic E-state index is 0.0146. The van der Waals surface area contributed by atoms with Crippen LogP contribution in [0.15, 0.2) is 30.5 Å². The van der Waals surface area contributed by atoms with E-state index in [4.69, 9.17) is 5.11 Å². The average molecular weight is 258 g/mol. The third-order valence-corrected chi connectivity index (χ3v) is 3.04. The maximum absolute atomic E-state index is 10.6. The van der Waals surface area contributed by atoms with Crippen LogP contribution in [0.25, 0.3) is 0 Å². The van der Waals surface area contributed by atoms with Crippen molar-refractivity contribution < 1.29 is 9.90 Å². The number of benzene rings is 1. The Morgan fingerprint density at radius 2 is 2.00 bits per heavy atom. The molecule has 0 saturated heterocycles. The van der Waals surface area contributed by atoms with Crippen molar-refractivity contribution in [3.8, 4) is 0 Å². The molecule has 2 rings (SSSR count). The number of H-pyrrole nitrogens is 1. The summed E-state index contributed by atoms with van der Waals surface area (Å²) in [6, 6.07) is 8.44. The van der Waals surface area contributed by atoms with Gasteiger partial charge in [-0.15, -0.1) is 0 Å². The number of hydrogen-bond donors (Lipinski definition) is 2. The lowest BCUT2D eigenvalue weighted by Crippen LogP contribution is -2.00. The Hall–Kier alpha value is -2.10. The quantitative estimate of drug-likeness (QED) is 0.866. The van der Waals surface area contributed by atoms with E-state index in [2.05, 4.69) is 48.1 Å². The second-order valence-electron chi connectivity index (χ2n) is 5.00. The van der Waals surface area contributed by atoms with Gasteiger partial charge >= 0.3 is 5.97 Å². The maximum Gasteiger partial charge on any atom is 0.309 e. The zero-order valence-electron chi connectivity index (χ0n) is 11.2. The van der Waals surface area contributed by atoms with Crippen molar-refractivity contribution >= 4 is 5.97 Å². The highest BCUT2D eigenvalue weighted by atomic mass is 16.4. The topological polar surface area (TPSA) is 66.0 Å². The number of carboxylic acid groups (broad SMARTS) is 1. The molecule has 0 aliphatic rings. The van der Waals surface area contributed by atoms with Crippen LogP contribution in [-0.2, 0) is 17.6 Å². The van der Waals surface area contributed by atoms with Crippen LogP contribution in [0.2, 0.25) is 0 Å². The van der Waals surface area contributed by atoms with E-state index < -0.39 is 5.97 Å². The van der Waals surface area contributed by atoms with Crippen LogP contribution >= 0.6 is 0 Å². The highest BCUT2D eigenvalue weighted by molar-refractivity contribution is 5.69. The fourth-order valence-corrected chi connectivity index (χ4v) is 1.96. The zero-order chi connectivity index (χ0) is 13.8. The minimum Gasteiger partial charge on any atom is -0.481 e. The summed E-state index contributed by atoms with van der Waals surface area (Å²) in [6.45, 7) is 4.33. The van der Waals surface area contributed by atoms with Crippen molar-refractivity contribution in [1.29, 1.82) is 0 Å². The lowest BCUT2D eigenvalue weighted by Gasteiger charge is -2.06. The van der Waals surface area contributed by atoms with Gasteiger partial charge in [0, 0.05) is 18.3 Å². The molecule has 4 heteroatoms. The van der Waals surface area contributed by atoms with E-state index in [0.29, 0.717) is 18.0 Å². The molecule has 100 valence electrons. The van der Waals surface area contributed by atoms with Crippen molar-refractivity contribution in [1.82, 2.24) is 9.97 Å². The first-order chi connectivity index (χ1) is 9.04.